The molecule has 0 fully saturated rings. The first-order valence-electron chi connectivity index (χ1n) is 12.4. The molecule has 3 aromatic rings. The van der Waals surface area contributed by atoms with Gasteiger partial charge < -0.3 is 10.2 Å². The van der Waals surface area contributed by atoms with Crippen molar-refractivity contribution in [3.8, 4) is 0 Å². The zero-order valence-electron chi connectivity index (χ0n) is 21.9. The van der Waals surface area contributed by atoms with E-state index in [-0.39, 0.29) is 39.6 Å². The molecule has 0 saturated carbocycles. The molecule has 214 valence electrons. The van der Waals surface area contributed by atoms with Gasteiger partial charge in [0.25, 0.3) is 0 Å². The second kappa shape index (κ2) is 14.4. The van der Waals surface area contributed by atoms with Crippen LogP contribution in [0, 0.1) is 0 Å². The number of carbonyl (C=O) groups excluding carboxylic acids is 2. The number of anilines is 1. The van der Waals surface area contributed by atoms with E-state index < -0.39 is 28.5 Å². The Balaban J connectivity index is 2.08. The standard InChI is InChI=1S/C28H29Cl4N3O4S/c1-3-12-33-28(37)26(14-19-8-5-4-6-9-19)34(17-20-10-7-11-21(29)13-20)27(36)18-35(40(2,38)39)25-16-23(31)22(30)15-24(25)32/h4-11,13,15-16,26H,3,12,14,17-18H2,1-2H3,(H,33,37). The maximum atomic E-state index is 14.0. The third-order valence-electron chi connectivity index (χ3n) is 6.00. The highest BCUT2D eigenvalue weighted by Gasteiger charge is 2.33. The van der Waals surface area contributed by atoms with Crippen molar-refractivity contribution in [1.82, 2.24) is 10.2 Å². The maximum Gasteiger partial charge on any atom is 0.244 e. The number of halogens is 4. The fraction of sp³-hybridized carbons (Fsp3) is 0.286. The molecule has 40 heavy (non-hydrogen) atoms. The van der Waals surface area contributed by atoms with Crippen molar-refractivity contribution in [2.75, 3.05) is 23.7 Å². The third kappa shape index (κ3) is 8.75. The summed E-state index contributed by atoms with van der Waals surface area (Å²) in [6.07, 6.45) is 1.86. The van der Waals surface area contributed by atoms with Crippen LogP contribution < -0.4 is 9.62 Å². The smallest absolute Gasteiger partial charge is 0.244 e. The van der Waals surface area contributed by atoms with Gasteiger partial charge in [-0.15, -0.1) is 0 Å². The number of hydrogen-bond donors (Lipinski definition) is 1. The van der Waals surface area contributed by atoms with Crippen LogP contribution in [0.15, 0.2) is 66.7 Å². The van der Waals surface area contributed by atoms with Gasteiger partial charge in [0.1, 0.15) is 12.6 Å². The highest BCUT2D eigenvalue weighted by atomic mass is 35.5. The van der Waals surface area contributed by atoms with Gasteiger partial charge in [-0.2, -0.15) is 0 Å². The lowest BCUT2D eigenvalue weighted by Crippen LogP contribution is -2.53. The Hall–Kier alpha value is -2.49. The van der Waals surface area contributed by atoms with Crippen LogP contribution in [0.1, 0.15) is 24.5 Å². The first-order chi connectivity index (χ1) is 18.9. The van der Waals surface area contributed by atoms with Gasteiger partial charge in [-0.05, 0) is 41.8 Å². The van der Waals surface area contributed by atoms with E-state index in [0.717, 1.165) is 16.1 Å². The van der Waals surface area contributed by atoms with Gasteiger partial charge in [0.05, 0.1) is 27.0 Å². The molecule has 3 rings (SSSR count). The number of amides is 2. The van der Waals surface area contributed by atoms with Crippen LogP contribution >= 0.6 is 46.4 Å². The molecule has 0 aliphatic heterocycles. The molecule has 0 aliphatic rings. The van der Waals surface area contributed by atoms with E-state index in [9.17, 15) is 18.0 Å². The predicted octanol–water partition coefficient (Wildman–Crippen LogP) is 6.23. The molecule has 12 heteroatoms. The molecule has 0 bridgehead atoms. The Morgan fingerprint density at radius 3 is 2.15 bits per heavy atom. The zero-order chi connectivity index (χ0) is 29.4. The third-order valence-corrected chi connectivity index (χ3v) is 8.39. The molecule has 0 heterocycles. The van der Waals surface area contributed by atoms with E-state index in [1.807, 2.05) is 37.3 Å². The summed E-state index contributed by atoms with van der Waals surface area (Å²) in [7, 11) is -4.02. The summed E-state index contributed by atoms with van der Waals surface area (Å²) in [6, 6.07) is 17.8. The van der Waals surface area contributed by atoms with Crippen LogP contribution in [0.25, 0.3) is 0 Å². The number of benzene rings is 3. The Morgan fingerprint density at radius 1 is 0.875 bits per heavy atom. The number of nitrogens with zero attached hydrogens (tertiary/aromatic N) is 2. The van der Waals surface area contributed by atoms with Gasteiger partial charge in [0, 0.05) is 24.5 Å². The van der Waals surface area contributed by atoms with Crippen molar-refractivity contribution < 1.29 is 18.0 Å². The lowest BCUT2D eigenvalue weighted by molar-refractivity contribution is -0.140. The molecule has 0 saturated heterocycles. The number of nitrogens with one attached hydrogen (secondary N) is 1. The Bertz CT molecular complexity index is 1460. The number of rotatable bonds is 12. The molecule has 1 N–H and O–H groups in total. The van der Waals surface area contributed by atoms with E-state index in [2.05, 4.69) is 5.32 Å². The summed E-state index contributed by atoms with van der Waals surface area (Å²) in [5.41, 5.74) is 1.49. The van der Waals surface area contributed by atoms with Crippen LogP contribution in [0.4, 0.5) is 5.69 Å². The zero-order valence-corrected chi connectivity index (χ0v) is 25.8. The minimum Gasteiger partial charge on any atom is -0.354 e. The normalized spacial score (nSPS) is 12.1. The van der Waals surface area contributed by atoms with Crippen molar-refractivity contribution in [3.05, 3.63) is 97.9 Å². The van der Waals surface area contributed by atoms with Crippen molar-refractivity contribution >= 4 is 73.9 Å². The van der Waals surface area contributed by atoms with Crippen LogP contribution in [0.2, 0.25) is 20.1 Å². The molecule has 2 amide bonds. The highest BCUT2D eigenvalue weighted by Crippen LogP contribution is 2.35. The fourth-order valence-electron chi connectivity index (χ4n) is 4.05. The molecule has 0 spiro atoms. The lowest BCUT2D eigenvalue weighted by Gasteiger charge is -2.33. The average Bonchev–Trinajstić information content (AvgIpc) is 2.90. The summed E-state index contributed by atoms with van der Waals surface area (Å²) < 4.78 is 26.7. The first-order valence-corrected chi connectivity index (χ1v) is 15.7. The van der Waals surface area contributed by atoms with E-state index in [4.69, 9.17) is 46.4 Å². The molecular weight excluding hydrogens is 616 g/mol. The van der Waals surface area contributed by atoms with Gasteiger partial charge in [-0.25, -0.2) is 8.42 Å². The van der Waals surface area contributed by atoms with E-state index >= 15 is 0 Å². The van der Waals surface area contributed by atoms with E-state index in [0.29, 0.717) is 23.6 Å². The summed E-state index contributed by atoms with van der Waals surface area (Å²) in [4.78, 5) is 28.9. The molecule has 0 aliphatic carbocycles. The van der Waals surface area contributed by atoms with Gasteiger partial charge in [0.2, 0.25) is 21.8 Å². The molecule has 1 atom stereocenters. The second-order valence-electron chi connectivity index (χ2n) is 9.14. The lowest BCUT2D eigenvalue weighted by atomic mass is 10.0. The van der Waals surface area contributed by atoms with Gasteiger partial charge in [0.15, 0.2) is 0 Å². The van der Waals surface area contributed by atoms with E-state index in [1.54, 1.807) is 24.3 Å². The average molecular weight is 645 g/mol. The minimum atomic E-state index is -4.02. The Morgan fingerprint density at radius 2 is 1.52 bits per heavy atom. The van der Waals surface area contributed by atoms with Crippen molar-refractivity contribution in [2.24, 2.45) is 0 Å². The minimum absolute atomic E-state index is 0.00312. The monoisotopic (exact) mass is 643 g/mol. The first kappa shape index (κ1) is 32.0. The second-order valence-corrected chi connectivity index (χ2v) is 12.7. The van der Waals surface area contributed by atoms with Crippen molar-refractivity contribution in [3.63, 3.8) is 0 Å². The number of carbonyl (C=O) groups is 2. The fourth-order valence-corrected chi connectivity index (χ4v) is 5.81. The molecule has 7 nitrogen and oxygen atoms in total. The topological polar surface area (TPSA) is 86.8 Å². The molecular formula is C28H29Cl4N3O4S. The van der Waals surface area contributed by atoms with Crippen LogP contribution in [-0.4, -0.2) is 50.5 Å². The molecule has 3 aromatic carbocycles. The van der Waals surface area contributed by atoms with Crippen LogP contribution in [-0.2, 0) is 32.6 Å². The number of sulfonamides is 1. The van der Waals surface area contributed by atoms with Gasteiger partial charge >= 0.3 is 0 Å². The summed E-state index contributed by atoms with van der Waals surface area (Å²) in [5.74, 6) is -0.986. The van der Waals surface area contributed by atoms with Crippen molar-refractivity contribution in [2.45, 2.75) is 32.4 Å². The van der Waals surface area contributed by atoms with Gasteiger partial charge in [-0.1, -0.05) is 95.8 Å². The van der Waals surface area contributed by atoms with Crippen LogP contribution in [0.3, 0.4) is 0 Å². The quantitative estimate of drug-likeness (QED) is 0.237. The van der Waals surface area contributed by atoms with Crippen LogP contribution in [0.5, 0.6) is 0 Å². The molecule has 0 radical (unpaired) electrons. The SMILES string of the molecule is CCCNC(=O)C(Cc1ccccc1)N(Cc1cccc(Cl)c1)C(=O)CN(c1cc(Cl)c(Cl)cc1Cl)S(C)(=O)=O. The summed E-state index contributed by atoms with van der Waals surface area (Å²) >= 11 is 24.7. The molecule has 1 unspecified atom stereocenters. The van der Waals surface area contributed by atoms with E-state index in [1.165, 1.54) is 17.0 Å². The van der Waals surface area contributed by atoms with Crippen molar-refractivity contribution in [1.29, 1.82) is 0 Å². The molecule has 0 aromatic heterocycles. The maximum absolute atomic E-state index is 14.0. The Labute approximate surface area is 255 Å². The van der Waals surface area contributed by atoms with Gasteiger partial charge in [-0.3, -0.25) is 13.9 Å². The highest BCUT2D eigenvalue weighted by molar-refractivity contribution is 7.92. The largest absolute Gasteiger partial charge is 0.354 e. The summed E-state index contributed by atoms with van der Waals surface area (Å²) in [5, 5.41) is 3.53. The summed E-state index contributed by atoms with van der Waals surface area (Å²) in [6.45, 7) is 1.70. The number of hydrogen-bond acceptors (Lipinski definition) is 4. The predicted molar refractivity (Wildman–Crippen MR) is 163 cm³/mol. The Kier molecular flexibility index (Phi) is 11.5.